The molecule has 0 saturated carbocycles. The minimum atomic E-state index is 0.768. The molecule has 3 heterocycles. The zero-order valence-electron chi connectivity index (χ0n) is 10.5. The van der Waals surface area contributed by atoms with Gasteiger partial charge >= 0.3 is 0 Å². The van der Waals surface area contributed by atoms with Crippen molar-refractivity contribution in [3.8, 4) is 0 Å². The van der Waals surface area contributed by atoms with Crippen molar-refractivity contribution >= 4 is 43.3 Å². The second-order valence-corrected chi connectivity index (χ2v) is 6.77. The van der Waals surface area contributed by atoms with Crippen molar-refractivity contribution in [1.82, 2.24) is 20.2 Å². The summed E-state index contributed by atoms with van der Waals surface area (Å²) in [7, 11) is 2.03. The van der Waals surface area contributed by atoms with Gasteiger partial charge in [0.2, 0.25) is 0 Å². The van der Waals surface area contributed by atoms with Gasteiger partial charge in [-0.1, -0.05) is 0 Å². The van der Waals surface area contributed by atoms with E-state index in [0.717, 1.165) is 32.1 Å². The van der Waals surface area contributed by atoms with Gasteiger partial charge < -0.3 is 4.90 Å². The second-order valence-electron chi connectivity index (χ2n) is 4.34. The van der Waals surface area contributed by atoms with Gasteiger partial charge in [0.25, 0.3) is 0 Å². The van der Waals surface area contributed by atoms with E-state index in [-0.39, 0.29) is 0 Å². The Bertz CT molecular complexity index is 720. The fourth-order valence-corrected chi connectivity index (χ4v) is 3.53. The highest BCUT2D eigenvalue weighted by Crippen LogP contribution is 2.34. The Morgan fingerprint density at radius 2 is 2.26 bits per heavy atom. The van der Waals surface area contributed by atoms with Gasteiger partial charge in [0.1, 0.15) is 12.1 Å². The zero-order chi connectivity index (χ0) is 13.4. The molecule has 7 heteroatoms. The maximum Gasteiger partial charge on any atom is 0.150 e. The van der Waals surface area contributed by atoms with Crippen LogP contribution >= 0.6 is 27.3 Å². The van der Waals surface area contributed by atoms with Crippen LogP contribution in [0.5, 0.6) is 0 Å². The van der Waals surface area contributed by atoms with Gasteiger partial charge in [-0.15, -0.1) is 11.3 Å². The molecular weight excluding hydrogens is 326 g/mol. The third-order valence-electron chi connectivity index (χ3n) is 2.97. The average Bonchev–Trinajstić information content (AvgIpc) is 2.94. The first-order valence-corrected chi connectivity index (χ1v) is 7.36. The highest BCUT2D eigenvalue weighted by atomic mass is 79.9. The Morgan fingerprint density at radius 1 is 1.42 bits per heavy atom. The number of aromatic nitrogens is 4. The fourth-order valence-electron chi connectivity index (χ4n) is 1.95. The van der Waals surface area contributed by atoms with E-state index in [9.17, 15) is 0 Å². The number of nitrogens with zero attached hydrogens (tertiary/aromatic N) is 4. The van der Waals surface area contributed by atoms with Crippen LogP contribution < -0.4 is 4.90 Å². The molecule has 3 rings (SSSR count). The Labute approximate surface area is 122 Å². The van der Waals surface area contributed by atoms with E-state index in [1.54, 1.807) is 17.7 Å². The molecule has 0 amide bonds. The minimum absolute atomic E-state index is 0.768. The highest BCUT2D eigenvalue weighted by Gasteiger charge is 2.13. The van der Waals surface area contributed by atoms with Crippen LogP contribution in [0.2, 0.25) is 0 Å². The average molecular weight is 338 g/mol. The summed E-state index contributed by atoms with van der Waals surface area (Å²) in [6.07, 6.45) is 3.46. The standard InChI is InChI=1S/C12H12BrN5S/c1-7-8(4-16-17-7)5-18(2)12-11-9(14-6-15-12)3-10(13)19-11/h3-4,6H,5H2,1-2H3,(H,16,17). The van der Waals surface area contributed by atoms with E-state index in [1.807, 2.05) is 26.2 Å². The van der Waals surface area contributed by atoms with Gasteiger partial charge in [0, 0.05) is 24.8 Å². The van der Waals surface area contributed by atoms with Crippen molar-refractivity contribution in [3.63, 3.8) is 0 Å². The molecule has 0 aromatic carbocycles. The summed E-state index contributed by atoms with van der Waals surface area (Å²) in [5, 5.41) is 7.00. The topological polar surface area (TPSA) is 57.7 Å². The predicted octanol–water partition coefficient (Wildman–Crippen LogP) is 3.12. The Hall–Kier alpha value is -1.47. The van der Waals surface area contributed by atoms with Crippen LogP contribution in [0.1, 0.15) is 11.3 Å². The maximum atomic E-state index is 4.40. The predicted molar refractivity (Wildman–Crippen MR) is 80.5 cm³/mol. The number of anilines is 1. The Kier molecular flexibility index (Phi) is 3.24. The molecule has 1 N–H and O–H groups in total. The maximum absolute atomic E-state index is 4.40. The van der Waals surface area contributed by atoms with Gasteiger partial charge in [0.05, 0.1) is 20.2 Å². The van der Waals surface area contributed by atoms with E-state index in [2.05, 4.69) is 41.0 Å². The number of hydrogen-bond acceptors (Lipinski definition) is 5. The molecule has 19 heavy (non-hydrogen) atoms. The van der Waals surface area contributed by atoms with Gasteiger partial charge in [-0.3, -0.25) is 5.10 Å². The van der Waals surface area contributed by atoms with Gasteiger partial charge in [-0.05, 0) is 28.9 Å². The number of aryl methyl sites for hydroxylation is 1. The molecule has 0 bridgehead atoms. The van der Waals surface area contributed by atoms with Crippen molar-refractivity contribution in [1.29, 1.82) is 0 Å². The van der Waals surface area contributed by atoms with Crippen molar-refractivity contribution < 1.29 is 0 Å². The summed E-state index contributed by atoms with van der Waals surface area (Å²) in [6.45, 7) is 2.79. The molecule has 0 atom stereocenters. The second kappa shape index (κ2) is 4.90. The number of rotatable bonds is 3. The van der Waals surface area contributed by atoms with Gasteiger partial charge in [0.15, 0.2) is 0 Å². The molecule has 0 radical (unpaired) electrons. The molecule has 0 aliphatic rings. The lowest BCUT2D eigenvalue weighted by Gasteiger charge is -2.18. The van der Waals surface area contributed by atoms with Crippen LogP contribution in [-0.2, 0) is 6.54 Å². The van der Waals surface area contributed by atoms with Crippen LogP contribution in [-0.4, -0.2) is 27.2 Å². The van der Waals surface area contributed by atoms with Gasteiger partial charge in [-0.2, -0.15) is 5.10 Å². The number of H-pyrrole nitrogens is 1. The molecule has 0 aliphatic carbocycles. The summed E-state index contributed by atoms with van der Waals surface area (Å²) in [5.41, 5.74) is 3.23. The number of halogens is 1. The number of nitrogens with one attached hydrogen (secondary N) is 1. The van der Waals surface area contributed by atoms with Crippen LogP contribution in [0.15, 0.2) is 22.4 Å². The number of fused-ring (bicyclic) bond motifs is 1. The smallest absolute Gasteiger partial charge is 0.150 e. The fraction of sp³-hybridized carbons (Fsp3) is 0.250. The molecule has 3 aromatic heterocycles. The van der Waals surface area contributed by atoms with Crippen LogP contribution in [0, 0.1) is 6.92 Å². The van der Waals surface area contributed by atoms with Crippen LogP contribution in [0.4, 0.5) is 5.82 Å². The highest BCUT2D eigenvalue weighted by molar-refractivity contribution is 9.11. The first-order chi connectivity index (χ1) is 9.15. The summed E-state index contributed by atoms with van der Waals surface area (Å²) in [4.78, 5) is 10.8. The lowest BCUT2D eigenvalue weighted by molar-refractivity contribution is 0.894. The molecule has 98 valence electrons. The minimum Gasteiger partial charge on any atom is -0.354 e. The monoisotopic (exact) mass is 337 g/mol. The summed E-state index contributed by atoms with van der Waals surface area (Å²) >= 11 is 5.15. The van der Waals surface area contributed by atoms with Crippen molar-refractivity contribution in [2.45, 2.75) is 13.5 Å². The molecule has 0 saturated heterocycles. The molecule has 0 aliphatic heterocycles. The van der Waals surface area contributed by atoms with Crippen molar-refractivity contribution in [3.05, 3.63) is 33.6 Å². The van der Waals surface area contributed by atoms with E-state index in [4.69, 9.17) is 0 Å². The van der Waals surface area contributed by atoms with Crippen molar-refractivity contribution in [2.75, 3.05) is 11.9 Å². The molecular formula is C12H12BrN5S. The summed E-state index contributed by atoms with van der Waals surface area (Å²) in [6, 6.07) is 2.02. The molecule has 0 spiro atoms. The molecule has 0 fully saturated rings. The molecule has 5 nitrogen and oxygen atoms in total. The normalized spacial score (nSPS) is 11.1. The number of hydrogen-bond donors (Lipinski definition) is 1. The van der Waals surface area contributed by atoms with E-state index in [0.29, 0.717) is 0 Å². The molecule has 0 unspecified atom stereocenters. The van der Waals surface area contributed by atoms with Crippen molar-refractivity contribution in [2.24, 2.45) is 0 Å². The number of thiophene rings is 1. The number of aromatic amines is 1. The Morgan fingerprint density at radius 3 is 3.00 bits per heavy atom. The lowest BCUT2D eigenvalue weighted by Crippen LogP contribution is -2.18. The zero-order valence-corrected chi connectivity index (χ0v) is 12.9. The van der Waals surface area contributed by atoms with Gasteiger partial charge in [-0.25, -0.2) is 9.97 Å². The van der Waals surface area contributed by atoms with Crippen LogP contribution in [0.3, 0.4) is 0 Å². The third kappa shape index (κ3) is 2.35. The lowest BCUT2D eigenvalue weighted by atomic mass is 10.2. The Balaban J connectivity index is 1.97. The first kappa shape index (κ1) is 12.6. The summed E-state index contributed by atoms with van der Waals surface area (Å²) < 4.78 is 2.16. The van der Waals surface area contributed by atoms with E-state index < -0.39 is 0 Å². The van der Waals surface area contributed by atoms with E-state index >= 15 is 0 Å². The summed E-state index contributed by atoms with van der Waals surface area (Å²) in [5.74, 6) is 0.946. The third-order valence-corrected chi connectivity index (χ3v) is 4.59. The SMILES string of the molecule is Cc1[nH]ncc1CN(C)c1ncnc2cc(Br)sc12. The quantitative estimate of drug-likeness (QED) is 0.797. The first-order valence-electron chi connectivity index (χ1n) is 5.75. The largest absolute Gasteiger partial charge is 0.354 e. The van der Waals surface area contributed by atoms with Crippen LogP contribution in [0.25, 0.3) is 10.2 Å². The van der Waals surface area contributed by atoms with E-state index in [1.165, 1.54) is 5.56 Å². The molecule has 3 aromatic rings.